The number of para-hydroxylation sites is 1. The number of Topliss-reactive ketones (excluding diaryl/α,β-unsaturated/α-hetero) is 1. The molecule has 37 heavy (non-hydrogen) atoms. The Kier molecular flexibility index (Phi) is 6.70. The number of carbonyl (C=O) groups excluding carboxylic acids is 2. The molecule has 2 heterocycles. The number of benzene rings is 3. The molecule has 0 aliphatic carbocycles. The van der Waals surface area contributed by atoms with E-state index in [-0.39, 0.29) is 16.5 Å². The van der Waals surface area contributed by atoms with Gasteiger partial charge >= 0.3 is 5.91 Å². The molecule has 0 spiro atoms. The highest BCUT2D eigenvalue weighted by molar-refractivity contribution is 7.15. The number of aromatic nitrogens is 2. The molecule has 5 rings (SSSR count). The molecule has 8 nitrogen and oxygen atoms in total. The zero-order valence-corrected chi connectivity index (χ0v) is 20.9. The second-order valence-corrected chi connectivity index (χ2v) is 9.38. The smallest absolute Gasteiger partial charge is 0.301 e. The third kappa shape index (κ3) is 4.81. The quantitative estimate of drug-likeness (QED) is 0.193. The van der Waals surface area contributed by atoms with Gasteiger partial charge in [0, 0.05) is 5.56 Å². The number of aryl methyl sites for hydroxylation is 1. The Morgan fingerprint density at radius 1 is 0.946 bits per heavy atom. The molecule has 0 radical (unpaired) electrons. The van der Waals surface area contributed by atoms with Crippen LogP contribution in [0.25, 0.3) is 5.76 Å². The molecule has 1 aliphatic heterocycles. The van der Waals surface area contributed by atoms with E-state index in [9.17, 15) is 14.7 Å². The summed E-state index contributed by atoms with van der Waals surface area (Å²) in [5.41, 5.74) is 0.920. The van der Waals surface area contributed by atoms with Crippen LogP contribution in [0.1, 0.15) is 29.1 Å². The first-order chi connectivity index (χ1) is 18.0. The van der Waals surface area contributed by atoms with Gasteiger partial charge in [-0.15, -0.1) is 10.2 Å². The molecule has 3 aromatic carbocycles. The van der Waals surface area contributed by atoms with Crippen molar-refractivity contribution in [2.75, 3.05) is 11.5 Å². The maximum Gasteiger partial charge on any atom is 0.301 e. The summed E-state index contributed by atoms with van der Waals surface area (Å²) >= 11 is 1.19. The lowest BCUT2D eigenvalue weighted by Crippen LogP contribution is -2.29. The van der Waals surface area contributed by atoms with Crippen LogP contribution in [0, 0.1) is 6.92 Å². The fourth-order valence-corrected chi connectivity index (χ4v) is 4.85. The number of ether oxygens (including phenoxy) is 2. The maximum atomic E-state index is 13.3. The molecule has 1 fully saturated rings. The predicted octanol–water partition coefficient (Wildman–Crippen LogP) is 5.66. The number of aliphatic hydroxyl groups is 1. The van der Waals surface area contributed by atoms with Gasteiger partial charge in [-0.1, -0.05) is 41.7 Å². The van der Waals surface area contributed by atoms with Gasteiger partial charge in [-0.2, -0.15) is 0 Å². The lowest BCUT2D eigenvalue weighted by molar-refractivity contribution is -0.132. The van der Waals surface area contributed by atoms with Crippen molar-refractivity contribution in [1.82, 2.24) is 10.2 Å². The molecule has 1 amide bonds. The lowest BCUT2D eigenvalue weighted by atomic mass is 9.95. The van der Waals surface area contributed by atoms with E-state index in [0.717, 1.165) is 0 Å². The molecule has 1 N–H and O–H groups in total. The summed E-state index contributed by atoms with van der Waals surface area (Å²) in [5, 5.41) is 20.4. The maximum absolute atomic E-state index is 13.3. The second kappa shape index (κ2) is 10.2. The van der Waals surface area contributed by atoms with Crippen LogP contribution in [-0.2, 0) is 9.59 Å². The number of aliphatic hydroxyl groups excluding tert-OH is 1. The van der Waals surface area contributed by atoms with Crippen LogP contribution in [0.15, 0.2) is 84.4 Å². The van der Waals surface area contributed by atoms with Crippen LogP contribution < -0.4 is 14.4 Å². The lowest BCUT2D eigenvalue weighted by Gasteiger charge is -2.23. The molecule has 1 saturated heterocycles. The summed E-state index contributed by atoms with van der Waals surface area (Å²) in [4.78, 5) is 27.9. The van der Waals surface area contributed by atoms with Gasteiger partial charge < -0.3 is 14.6 Å². The first-order valence-electron chi connectivity index (χ1n) is 11.6. The largest absolute Gasteiger partial charge is 0.507 e. The van der Waals surface area contributed by atoms with Gasteiger partial charge in [-0.25, -0.2) is 0 Å². The van der Waals surface area contributed by atoms with Crippen LogP contribution in [0.4, 0.5) is 5.13 Å². The van der Waals surface area contributed by atoms with E-state index in [1.165, 1.54) is 16.2 Å². The van der Waals surface area contributed by atoms with Crippen molar-refractivity contribution in [1.29, 1.82) is 0 Å². The van der Waals surface area contributed by atoms with Gasteiger partial charge in [0.05, 0.1) is 18.2 Å². The highest BCUT2D eigenvalue weighted by Crippen LogP contribution is 2.43. The first kappa shape index (κ1) is 24.2. The van der Waals surface area contributed by atoms with E-state index in [4.69, 9.17) is 9.47 Å². The minimum absolute atomic E-state index is 0.0427. The Labute approximate surface area is 217 Å². The van der Waals surface area contributed by atoms with E-state index in [1.54, 1.807) is 55.5 Å². The summed E-state index contributed by atoms with van der Waals surface area (Å²) in [7, 11) is 0. The fourth-order valence-electron chi connectivity index (χ4n) is 4.13. The minimum Gasteiger partial charge on any atom is -0.507 e. The second-order valence-electron chi connectivity index (χ2n) is 8.22. The summed E-state index contributed by atoms with van der Waals surface area (Å²) in [6.07, 6.45) is 0. The highest BCUT2D eigenvalue weighted by Gasteiger charge is 2.48. The molecule has 186 valence electrons. The molecule has 4 aromatic rings. The van der Waals surface area contributed by atoms with E-state index in [1.807, 2.05) is 37.3 Å². The number of carbonyl (C=O) groups is 2. The number of ketones is 1. The van der Waals surface area contributed by atoms with Crippen molar-refractivity contribution in [2.24, 2.45) is 0 Å². The van der Waals surface area contributed by atoms with Crippen molar-refractivity contribution >= 4 is 33.9 Å². The monoisotopic (exact) mass is 513 g/mol. The van der Waals surface area contributed by atoms with Gasteiger partial charge in [0.2, 0.25) is 5.13 Å². The van der Waals surface area contributed by atoms with Gasteiger partial charge in [0.15, 0.2) is 0 Å². The van der Waals surface area contributed by atoms with Crippen molar-refractivity contribution in [3.05, 3.63) is 101 Å². The third-order valence-electron chi connectivity index (χ3n) is 5.76. The van der Waals surface area contributed by atoms with E-state index < -0.39 is 17.7 Å². The van der Waals surface area contributed by atoms with Gasteiger partial charge in [0.25, 0.3) is 5.78 Å². The number of hydrogen-bond donors (Lipinski definition) is 1. The molecule has 1 aliphatic rings. The zero-order valence-electron chi connectivity index (χ0n) is 20.1. The van der Waals surface area contributed by atoms with Crippen molar-refractivity contribution in [3.63, 3.8) is 0 Å². The molecule has 0 saturated carbocycles. The van der Waals surface area contributed by atoms with Crippen molar-refractivity contribution < 1.29 is 24.2 Å². The average Bonchev–Trinajstić information content (AvgIpc) is 3.45. The van der Waals surface area contributed by atoms with Crippen LogP contribution in [0.3, 0.4) is 0 Å². The SMILES string of the molecule is CCOc1ccc(/C(O)=C2\C(=O)C(=O)N(c3nnc(C)s3)[C@H]2c2cccc(Oc3ccccc3)c2)cc1. The summed E-state index contributed by atoms with van der Waals surface area (Å²) in [5.74, 6) is -0.0936. The summed E-state index contributed by atoms with van der Waals surface area (Å²) < 4.78 is 11.5. The Morgan fingerprint density at radius 3 is 2.35 bits per heavy atom. The topological polar surface area (TPSA) is 102 Å². The van der Waals surface area contributed by atoms with E-state index in [0.29, 0.717) is 40.0 Å². The highest BCUT2D eigenvalue weighted by atomic mass is 32.1. The van der Waals surface area contributed by atoms with Gasteiger partial charge in [-0.3, -0.25) is 14.5 Å². The van der Waals surface area contributed by atoms with Gasteiger partial charge in [-0.05, 0) is 67.9 Å². The predicted molar refractivity (Wildman–Crippen MR) is 140 cm³/mol. The summed E-state index contributed by atoms with van der Waals surface area (Å²) in [6.45, 7) is 4.14. The van der Waals surface area contributed by atoms with Crippen LogP contribution in [-0.4, -0.2) is 33.6 Å². The molecule has 1 aromatic heterocycles. The Balaban J connectivity index is 1.62. The van der Waals surface area contributed by atoms with Crippen LogP contribution in [0.5, 0.6) is 17.2 Å². The Bertz CT molecular complexity index is 1480. The number of nitrogens with zero attached hydrogens (tertiary/aromatic N) is 3. The van der Waals surface area contributed by atoms with E-state index >= 15 is 0 Å². The van der Waals surface area contributed by atoms with Gasteiger partial charge in [0.1, 0.15) is 28.0 Å². The minimum atomic E-state index is -0.932. The van der Waals surface area contributed by atoms with Crippen LogP contribution in [0.2, 0.25) is 0 Å². The number of hydrogen-bond acceptors (Lipinski definition) is 8. The molecule has 0 bridgehead atoms. The molecule has 0 unspecified atom stereocenters. The molecule has 9 heteroatoms. The number of rotatable bonds is 7. The zero-order chi connectivity index (χ0) is 25.9. The standard InChI is InChI=1S/C28H23N3O5S/c1-3-35-20-14-12-18(13-15-20)25(32)23-24(31(27(34)26(23)33)28-30-29-17(2)37-28)19-8-7-11-22(16-19)36-21-9-5-4-6-10-21/h4-16,24,32H,3H2,1-2H3/b25-23+/t24-/m0/s1. The van der Waals surface area contributed by atoms with E-state index in [2.05, 4.69) is 10.2 Å². The van der Waals surface area contributed by atoms with Crippen LogP contribution >= 0.6 is 11.3 Å². The normalized spacial score (nSPS) is 16.7. The fraction of sp³-hybridized carbons (Fsp3) is 0.143. The number of amides is 1. The number of anilines is 1. The van der Waals surface area contributed by atoms with Crippen molar-refractivity contribution in [3.8, 4) is 17.2 Å². The Hall–Kier alpha value is -4.50. The third-order valence-corrected chi connectivity index (χ3v) is 6.60. The van der Waals surface area contributed by atoms with Crippen molar-refractivity contribution in [2.45, 2.75) is 19.9 Å². The molecular weight excluding hydrogens is 490 g/mol. The Morgan fingerprint density at radius 2 is 1.68 bits per heavy atom. The average molecular weight is 514 g/mol. The first-order valence-corrected chi connectivity index (χ1v) is 12.4. The molecular formula is C28H23N3O5S. The summed E-state index contributed by atoms with van der Waals surface area (Å²) in [6, 6.07) is 22.1. The molecule has 1 atom stereocenters.